The molecule has 7 N–H and O–H groups in total. The van der Waals surface area contributed by atoms with Crippen molar-refractivity contribution < 1.29 is 47.0 Å². The van der Waals surface area contributed by atoms with E-state index in [4.69, 9.17) is 21.7 Å². The Kier molecular flexibility index (Phi) is 29.1. The summed E-state index contributed by atoms with van der Waals surface area (Å²) in [5, 5.41) is 19.9. The number of amides is 2. The molecule has 0 fully saturated rings. The number of primary amides is 1. The fourth-order valence-corrected chi connectivity index (χ4v) is 9.36. The lowest BCUT2D eigenvalue weighted by molar-refractivity contribution is -0.138. The molecule has 0 saturated carbocycles. The van der Waals surface area contributed by atoms with Crippen molar-refractivity contribution in [2.75, 3.05) is 13.1 Å². The number of carboxylic acids is 2. The Hall–Kier alpha value is -9.76. The van der Waals surface area contributed by atoms with Gasteiger partial charge in [-0.1, -0.05) is 216 Å². The standard InChI is InChI=1S/C22H20FNO.C15H14FNO.C15H16FN.C15H13FO2.C9H9BrO2/c23-21-11-5-4-10-20(21)18-14-12-17(13-15-18)7-6-16-24-22(25)19-8-2-1-3-9-19;16-14-4-2-1-3-13(14)12-8-5-11(6-9-12)7-10-15(17)18;16-15-6-2-1-5-14(15)13-9-7-12(8-10-13)4-3-11-17;16-14-4-2-1-3-13(14)12-8-5-11(6-9-12)7-10-15(17)18;10-8-4-1-7(2-5-8)3-6-9(11)12/h1-5,8-15H,6-7,16H2,(H,24,25);1-6,8-9H,7,10H2,(H2,17,18);1-2,5-10H,3-4,11,17H2;1-6,8-9H,7,10H2,(H,17,18);1-2,4-5H,3,6H2,(H,11,12). The van der Waals surface area contributed by atoms with E-state index < -0.39 is 11.9 Å². The van der Waals surface area contributed by atoms with Gasteiger partial charge in [-0.2, -0.15) is 0 Å². The quantitative estimate of drug-likeness (QED) is 0.0352. The van der Waals surface area contributed by atoms with Gasteiger partial charge in [-0.25, -0.2) is 17.6 Å². The van der Waals surface area contributed by atoms with Crippen molar-refractivity contribution in [3.05, 3.63) is 310 Å². The predicted octanol–water partition coefficient (Wildman–Crippen LogP) is 17.1. The molecule has 462 valence electrons. The normalized spacial score (nSPS) is 10.3. The zero-order chi connectivity index (χ0) is 64.5. The summed E-state index contributed by atoms with van der Waals surface area (Å²) in [5.74, 6) is -2.80. The number of aliphatic carboxylic acids is 2. The molecule has 0 radical (unpaired) electrons. The van der Waals surface area contributed by atoms with Crippen LogP contribution in [-0.2, 0) is 46.5 Å². The van der Waals surface area contributed by atoms with E-state index in [9.17, 15) is 36.7 Å². The van der Waals surface area contributed by atoms with Gasteiger partial charge in [-0.05, 0) is 150 Å². The number of benzene rings is 10. The number of nitrogens with two attached hydrogens (primary N) is 2. The van der Waals surface area contributed by atoms with Gasteiger partial charge in [0.25, 0.3) is 5.91 Å². The molecule has 90 heavy (non-hydrogen) atoms. The topological polar surface area (TPSA) is 173 Å². The van der Waals surface area contributed by atoms with Crippen molar-refractivity contribution in [1.29, 1.82) is 0 Å². The zero-order valence-corrected chi connectivity index (χ0v) is 51.3. The van der Waals surface area contributed by atoms with Gasteiger partial charge in [-0.15, -0.1) is 0 Å². The number of hydrogen-bond acceptors (Lipinski definition) is 5. The van der Waals surface area contributed by atoms with Gasteiger partial charge in [0.2, 0.25) is 5.91 Å². The fraction of sp³-hybridized carbons (Fsp3) is 0.158. The first kappa shape index (κ1) is 69.3. The van der Waals surface area contributed by atoms with Gasteiger partial charge in [0.1, 0.15) is 23.3 Å². The van der Waals surface area contributed by atoms with Crippen molar-refractivity contribution >= 4 is 39.7 Å². The molecule has 0 aromatic heterocycles. The fourth-order valence-electron chi connectivity index (χ4n) is 9.10. The molecular formula is C76H72BrF4N3O6. The number of halogens is 5. The smallest absolute Gasteiger partial charge is 0.303 e. The highest BCUT2D eigenvalue weighted by Crippen LogP contribution is 2.27. The largest absolute Gasteiger partial charge is 0.481 e. The summed E-state index contributed by atoms with van der Waals surface area (Å²) < 4.78 is 55.5. The SMILES string of the molecule is NC(=O)CCc1ccc(-c2ccccc2F)cc1.NCCCc1ccc(-c2ccccc2F)cc1.O=C(NCCCc1ccc(-c2ccccc2F)cc1)c1ccccc1.O=C(O)CCc1ccc(-c2ccccc2F)cc1.O=C(O)CCc1ccc(Br)cc1. The van der Waals surface area contributed by atoms with Crippen LogP contribution in [-0.4, -0.2) is 47.1 Å². The second-order valence-electron chi connectivity index (χ2n) is 20.7. The number of hydrogen-bond donors (Lipinski definition) is 5. The summed E-state index contributed by atoms with van der Waals surface area (Å²) >= 11 is 3.31. The zero-order valence-electron chi connectivity index (χ0n) is 49.7. The summed E-state index contributed by atoms with van der Waals surface area (Å²) in [6.07, 6.45) is 6.04. The molecular weight excluding hydrogens is 1210 g/mol. The third-order valence-corrected chi connectivity index (χ3v) is 14.5. The van der Waals surface area contributed by atoms with Crippen molar-refractivity contribution in [3.63, 3.8) is 0 Å². The maximum Gasteiger partial charge on any atom is 0.303 e. The molecule has 0 bridgehead atoms. The second-order valence-corrected chi connectivity index (χ2v) is 21.6. The van der Waals surface area contributed by atoms with E-state index >= 15 is 0 Å². The average molecular weight is 1280 g/mol. The second kappa shape index (κ2) is 37.8. The number of carboxylic acid groups (broad SMARTS) is 2. The van der Waals surface area contributed by atoms with Crippen LogP contribution in [0.3, 0.4) is 0 Å². The minimum atomic E-state index is -0.812. The lowest BCUT2D eigenvalue weighted by Gasteiger charge is -2.07. The van der Waals surface area contributed by atoms with E-state index in [1.54, 1.807) is 72.8 Å². The first-order chi connectivity index (χ1) is 43.6. The molecule has 10 aromatic rings. The van der Waals surface area contributed by atoms with Gasteiger partial charge in [0.15, 0.2) is 0 Å². The van der Waals surface area contributed by atoms with Crippen LogP contribution in [0.25, 0.3) is 44.5 Å². The molecule has 14 heteroatoms. The van der Waals surface area contributed by atoms with Gasteiger partial charge in [0, 0.05) is 58.1 Å². The molecule has 0 aliphatic heterocycles. The Bertz CT molecular complexity index is 3710. The molecule has 0 atom stereocenters. The highest BCUT2D eigenvalue weighted by atomic mass is 79.9. The Morgan fingerprint density at radius 3 is 0.967 bits per heavy atom. The minimum absolute atomic E-state index is 0.0458. The van der Waals surface area contributed by atoms with Crippen LogP contribution < -0.4 is 16.8 Å². The van der Waals surface area contributed by atoms with Crippen molar-refractivity contribution in [3.8, 4) is 44.5 Å². The molecule has 10 rings (SSSR count). The molecule has 0 spiro atoms. The van der Waals surface area contributed by atoms with Crippen LogP contribution >= 0.6 is 15.9 Å². The highest BCUT2D eigenvalue weighted by Gasteiger charge is 2.09. The third-order valence-electron chi connectivity index (χ3n) is 14.0. The molecule has 10 aromatic carbocycles. The van der Waals surface area contributed by atoms with E-state index in [-0.39, 0.29) is 47.9 Å². The number of rotatable bonds is 21. The van der Waals surface area contributed by atoms with Gasteiger partial charge < -0.3 is 27.0 Å². The maximum atomic E-state index is 13.8. The van der Waals surface area contributed by atoms with Crippen LogP contribution in [0.1, 0.15) is 70.3 Å². The summed E-state index contributed by atoms with van der Waals surface area (Å²) in [6, 6.07) is 74.5. The summed E-state index contributed by atoms with van der Waals surface area (Å²) in [7, 11) is 0. The number of carbonyl (C=O) groups is 4. The monoisotopic (exact) mass is 1280 g/mol. The van der Waals surface area contributed by atoms with Crippen LogP contribution in [0.2, 0.25) is 0 Å². The van der Waals surface area contributed by atoms with Gasteiger partial charge in [0.05, 0.1) is 0 Å². The average Bonchev–Trinajstić information content (AvgIpc) is 3.72. The predicted molar refractivity (Wildman–Crippen MR) is 355 cm³/mol. The summed E-state index contributed by atoms with van der Waals surface area (Å²) in [6.45, 7) is 1.33. The number of aryl methyl sites for hydroxylation is 5. The van der Waals surface area contributed by atoms with Crippen LogP contribution in [0, 0.1) is 23.3 Å². The Morgan fingerprint density at radius 2 is 0.656 bits per heavy atom. The Morgan fingerprint density at radius 1 is 0.367 bits per heavy atom. The summed E-state index contributed by atoms with van der Waals surface area (Å²) in [5.41, 5.74) is 22.5. The van der Waals surface area contributed by atoms with Crippen molar-refractivity contribution in [2.24, 2.45) is 11.5 Å². The van der Waals surface area contributed by atoms with E-state index in [2.05, 4.69) is 21.2 Å². The van der Waals surface area contributed by atoms with Crippen LogP contribution in [0.15, 0.2) is 253 Å². The van der Waals surface area contributed by atoms with Gasteiger partial charge >= 0.3 is 11.9 Å². The number of nitrogens with one attached hydrogen (secondary N) is 1. The molecule has 0 aliphatic rings. The van der Waals surface area contributed by atoms with E-state index in [1.807, 2.05) is 152 Å². The molecule has 2 amide bonds. The minimum Gasteiger partial charge on any atom is -0.481 e. The molecule has 0 heterocycles. The third kappa shape index (κ3) is 24.4. The van der Waals surface area contributed by atoms with Crippen molar-refractivity contribution in [2.45, 2.75) is 64.2 Å². The van der Waals surface area contributed by atoms with Crippen LogP contribution in [0.4, 0.5) is 17.6 Å². The first-order valence-electron chi connectivity index (χ1n) is 29.4. The van der Waals surface area contributed by atoms with E-state index in [1.165, 1.54) is 35.4 Å². The maximum absolute atomic E-state index is 13.8. The Balaban J connectivity index is 0.000000182. The highest BCUT2D eigenvalue weighted by molar-refractivity contribution is 9.10. The molecule has 0 saturated heterocycles. The lowest BCUT2D eigenvalue weighted by Crippen LogP contribution is -2.24. The Labute approximate surface area is 532 Å². The number of carbonyl (C=O) groups excluding carboxylic acids is 2. The molecule has 0 aliphatic carbocycles. The van der Waals surface area contributed by atoms with E-state index in [0.717, 1.165) is 69.1 Å². The molecule has 9 nitrogen and oxygen atoms in total. The first-order valence-corrected chi connectivity index (χ1v) is 30.2. The van der Waals surface area contributed by atoms with Crippen molar-refractivity contribution in [1.82, 2.24) is 5.32 Å². The lowest BCUT2D eigenvalue weighted by atomic mass is 10.0. The summed E-state index contributed by atoms with van der Waals surface area (Å²) in [4.78, 5) is 43.3. The van der Waals surface area contributed by atoms with Crippen LogP contribution in [0.5, 0.6) is 0 Å². The van der Waals surface area contributed by atoms with Gasteiger partial charge in [-0.3, -0.25) is 19.2 Å². The molecule has 0 unspecified atom stereocenters. The van der Waals surface area contributed by atoms with E-state index in [0.29, 0.717) is 66.6 Å².